The van der Waals surface area contributed by atoms with E-state index < -0.39 is 36.1 Å². The molecule has 0 heterocycles. The first-order valence-corrected chi connectivity index (χ1v) is 5.90. The molecule has 0 aromatic heterocycles. The SMILES string of the molecule is O=C(O)C1(C(=O)O)CC(F)(F)CC=C1c1ccccc1. The Labute approximate surface area is 113 Å². The van der Waals surface area contributed by atoms with Gasteiger partial charge in [0.1, 0.15) is 0 Å². The number of carboxylic acid groups (broad SMARTS) is 2. The van der Waals surface area contributed by atoms with Crippen LogP contribution in [0.1, 0.15) is 18.4 Å². The van der Waals surface area contributed by atoms with E-state index in [0.29, 0.717) is 5.56 Å². The van der Waals surface area contributed by atoms with E-state index in [-0.39, 0.29) is 5.57 Å². The van der Waals surface area contributed by atoms with Crippen LogP contribution >= 0.6 is 0 Å². The van der Waals surface area contributed by atoms with E-state index in [1.165, 1.54) is 12.1 Å². The van der Waals surface area contributed by atoms with Crippen molar-refractivity contribution in [1.82, 2.24) is 0 Å². The monoisotopic (exact) mass is 282 g/mol. The summed E-state index contributed by atoms with van der Waals surface area (Å²) in [5, 5.41) is 18.5. The molecule has 0 spiro atoms. The molecule has 6 heteroatoms. The molecule has 0 bridgehead atoms. The number of halogens is 2. The lowest BCUT2D eigenvalue weighted by atomic mass is 9.68. The third-order valence-corrected chi connectivity index (χ3v) is 3.40. The summed E-state index contributed by atoms with van der Waals surface area (Å²) in [6.07, 6.45) is -0.897. The summed E-state index contributed by atoms with van der Waals surface area (Å²) < 4.78 is 27.1. The molecule has 1 aromatic rings. The third kappa shape index (κ3) is 2.17. The van der Waals surface area contributed by atoms with E-state index in [0.717, 1.165) is 6.08 Å². The molecule has 106 valence electrons. The van der Waals surface area contributed by atoms with Gasteiger partial charge in [-0.3, -0.25) is 9.59 Å². The lowest BCUT2D eigenvalue weighted by Crippen LogP contribution is -2.47. The largest absolute Gasteiger partial charge is 0.480 e. The summed E-state index contributed by atoms with van der Waals surface area (Å²) in [5.41, 5.74) is -2.39. The molecule has 0 unspecified atom stereocenters. The van der Waals surface area contributed by atoms with Gasteiger partial charge in [0.2, 0.25) is 0 Å². The number of hydrogen-bond donors (Lipinski definition) is 2. The van der Waals surface area contributed by atoms with Crippen LogP contribution in [0.2, 0.25) is 0 Å². The maximum absolute atomic E-state index is 13.5. The molecule has 4 nitrogen and oxygen atoms in total. The van der Waals surface area contributed by atoms with Crippen molar-refractivity contribution in [3.8, 4) is 0 Å². The Morgan fingerprint density at radius 3 is 2.10 bits per heavy atom. The van der Waals surface area contributed by atoms with Crippen molar-refractivity contribution in [1.29, 1.82) is 0 Å². The second kappa shape index (κ2) is 4.70. The highest BCUT2D eigenvalue weighted by Gasteiger charge is 2.58. The summed E-state index contributed by atoms with van der Waals surface area (Å²) in [6, 6.07) is 7.88. The fourth-order valence-corrected chi connectivity index (χ4v) is 2.44. The van der Waals surface area contributed by atoms with Crippen LogP contribution in [0.3, 0.4) is 0 Å². The standard InChI is InChI=1S/C14H12F2O4/c15-13(16)7-6-10(9-4-2-1-3-5-9)14(8-13,11(17)18)12(19)20/h1-6H,7-8H2,(H,17,18)(H,19,20). The third-order valence-electron chi connectivity index (χ3n) is 3.40. The molecule has 2 rings (SSSR count). The maximum atomic E-state index is 13.5. The van der Waals surface area contributed by atoms with Gasteiger partial charge in [0.05, 0.1) is 0 Å². The first-order chi connectivity index (χ1) is 9.29. The van der Waals surface area contributed by atoms with Gasteiger partial charge in [0.25, 0.3) is 5.92 Å². The molecule has 1 aromatic carbocycles. The fraction of sp³-hybridized carbons (Fsp3) is 0.286. The maximum Gasteiger partial charge on any atom is 0.325 e. The van der Waals surface area contributed by atoms with E-state index in [1.54, 1.807) is 18.2 Å². The zero-order valence-corrected chi connectivity index (χ0v) is 10.3. The average molecular weight is 282 g/mol. The molecule has 0 atom stereocenters. The van der Waals surface area contributed by atoms with Crippen LogP contribution in [0.25, 0.3) is 5.57 Å². The van der Waals surface area contributed by atoms with E-state index in [2.05, 4.69) is 0 Å². The van der Waals surface area contributed by atoms with Crippen molar-refractivity contribution in [3.63, 3.8) is 0 Å². The summed E-state index contributed by atoms with van der Waals surface area (Å²) in [7, 11) is 0. The molecular weight excluding hydrogens is 270 g/mol. The lowest BCUT2D eigenvalue weighted by molar-refractivity contribution is -0.167. The van der Waals surface area contributed by atoms with Gasteiger partial charge in [-0.15, -0.1) is 0 Å². The van der Waals surface area contributed by atoms with Gasteiger partial charge in [-0.05, 0) is 11.1 Å². The number of rotatable bonds is 3. The zero-order chi connectivity index (χ0) is 15.0. The van der Waals surface area contributed by atoms with Gasteiger partial charge in [0.15, 0.2) is 5.41 Å². The molecule has 0 saturated heterocycles. The Morgan fingerprint density at radius 2 is 1.60 bits per heavy atom. The Morgan fingerprint density at radius 1 is 1.05 bits per heavy atom. The van der Waals surface area contributed by atoms with E-state index in [1.807, 2.05) is 0 Å². The van der Waals surface area contributed by atoms with Crippen LogP contribution in [0.15, 0.2) is 36.4 Å². The molecule has 0 fully saturated rings. The Bertz CT molecular complexity index is 564. The smallest absolute Gasteiger partial charge is 0.325 e. The number of hydrogen-bond acceptors (Lipinski definition) is 2. The minimum absolute atomic E-state index is 0.0935. The highest BCUT2D eigenvalue weighted by Crippen LogP contribution is 2.49. The van der Waals surface area contributed by atoms with Crippen LogP contribution in [0, 0.1) is 5.41 Å². The number of carboxylic acids is 2. The van der Waals surface area contributed by atoms with Gasteiger partial charge in [0, 0.05) is 12.8 Å². The molecule has 0 radical (unpaired) electrons. The predicted octanol–water partition coefficient (Wildman–Crippen LogP) is 2.65. The van der Waals surface area contributed by atoms with Gasteiger partial charge in [-0.1, -0.05) is 36.4 Å². The van der Waals surface area contributed by atoms with Crippen molar-refractivity contribution in [3.05, 3.63) is 42.0 Å². The second-order valence-corrected chi connectivity index (χ2v) is 4.74. The molecular formula is C14H12F2O4. The van der Waals surface area contributed by atoms with Crippen molar-refractivity contribution in [2.24, 2.45) is 5.41 Å². The number of carbonyl (C=O) groups is 2. The lowest BCUT2D eigenvalue weighted by Gasteiger charge is -2.35. The van der Waals surface area contributed by atoms with Crippen LogP contribution in [0.5, 0.6) is 0 Å². The van der Waals surface area contributed by atoms with Gasteiger partial charge < -0.3 is 10.2 Å². The van der Waals surface area contributed by atoms with Gasteiger partial charge >= 0.3 is 11.9 Å². The molecule has 1 aliphatic carbocycles. The van der Waals surface area contributed by atoms with Crippen LogP contribution in [-0.2, 0) is 9.59 Å². The van der Waals surface area contributed by atoms with Crippen LogP contribution in [-0.4, -0.2) is 28.1 Å². The van der Waals surface area contributed by atoms with Crippen molar-refractivity contribution in [2.45, 2.75) is 18.8 Å². The van der Waals surface area contributed by atoms with Crippen molar-refractivity contribution < 1.29 is 28.6 Å². The minimum Gasteiger partial charge on any atom is -0.480 e. The Balaban J connectivity index is 2.65. The second-order valence-electron chi connectivity index (χ2n) is 4.74. The summed E-state index contributed by atoms with van der Waals surface area (Å²) in [5.74, 6) is -6.91. The topological polar surface area (TPSA) is 74.6 Å². The molecule has 0 amide bonds. The predicted molar refractivity (Wildman–Crippen MR) is 66.3 cm³/mol. The first-order valence-electron chi connectivity index (χ1n) is 5.90. The molecule has 2 N–H and O–H groups in total. The number of aliphatic carboxylic acids is 2. The molecule has 0 aliphatic heterocycles. The highest BCUT2D eigenvalue weighted by molar-refractivity contribution is 6.11. The average Bonchev–Trinajstić information content (AvgIpc) is 2.38. The summed E-state index contributed by atoms with van der Waals surface area (Å²) in [6.45, 7) is 0. The van der Waals surface area contributed by atoms with Crippen molar-refractivity contribution in [2.75, 3.05) is 0 Å². The Hall–Kier alpha value is -2.24. The Kier molecular flexibility index (Phi) is 3.33. The molecule has 20 heavy (non-hydrogen) atoms. The summed E-state index contributed by atoms with van der Waals surface area (Å²) in [4.78, 5) is 22.9. The normalized spacial score (nSPS) is 20.0. The highest BCUT2D eigenvalue weighted by atomic mass is 19.3. The minimum atomic E-state index is -3.35. The number of allylic oxidation sites excluding steroid dienone is 1. The summed E-state index contributed by atoms with van der Waals surface area (Å²) >= 11 is 0. The number of benzene rings is 1. The van der Waals surface area contributed by atoms with Crippen LogP contribution < -0.4 is 0 Å². The zero-order valence-electron chi connectivity index (χ0n) is 10.3. The van der Waals surface area contributed by atoms with Crippen molar-refractivity contribution >= 4 is 17.5 Å². The number of alkyl halides is 2. The molecule has 1 aliphatic rings. The van der Waals surface area contributed by atoms with Crippen LogP contribution in [0.4, 0.5) is 8.78 Å². The van der Waals surface area contributed by atoms with E-state index >= 15 is 0 Å². The quantitative estimate of drug-likeness (QED) is 0.836. The first kappa shape index (κ1) is 14.2. The van der Waals surface area contributed by atoms with Gasteiger partial charge in [-0.2, -0.15) is 0 Å². The van der Waals surface area contributed by atoms with E-state index in [4.69, 9.17) is 0 Å². The van der Waals surface area contributed by atoms with E-state index in [9.17, 15) is 28.6 Å². The van der Waals surface area contributed by atoms with Gasteiger partial charge in [-0.25, -0.2) is 8.78 Å². The molecule has 0 saturated carbocycles. The fourth-order valence-electron chi connectivity index (χ4n) is 2.44.